The molecule has 0 saturated carbocycles. The van der Waals surface area contributed by atoms with Crippen LogP contribution in [0, 0.1) is 17.0 Å². The predicted molar refractivity (Wildman–Crippen MR) is 52.2 cm³/mol. The summed E-state index contributed by atoms with van der Waals surface area (Å²) in [7, 11) is 1.28. The van der Waals surface area contributed by atoms with Crippen LogP contribution in [0.15, 0.2) is 6.07 Å². The molecule has 0 spiro atoms. The fraction of sp³-hybridized carbons (Fsp3) is 0.333. The van der Waals surface area contributed by atoms with Crippen LogP contribution in [0.1, 0.15) is 23.0 Å². The summed E-state index contributed by atoms with van der Waals surface area (Å²) in [6, 6.07) is 1.38. The molecule has 0 aliphatic heterocycles. The second-order valence-electron chi connectivity index (χ2n) is 2.98. The molecule has 6 nitrogen and oxygen atoms in total. The maximum atomic E-state index is 11.2. The molecule has 1 heterocycles. The van der Waals surface area contributed by atoms with E-state index in [1.807, 2.05) is 0 Å². The molecule has 0 atom stereocenters. The molecule has 0 aromatic carbocycles. The van der Waals surface area contributed by atoms with Crippen molar-refractivity contribution in [2.24, 2.45) is 0 Å². The van der Waals surface area contributed by atoms with Crippen LogP contribution in [-0.2, 0) is 0 Å². The largest absolute Gasteiger partial charge is 0.476 e. The molecule has 0 bridgehead atoms. The van der Waals surface area contributed by atoms with Crippen LogP contribution in [0.2, 0.25) is 0 Å². The Bertz CT molecular complexity index is 428. The van der Waals surface area contributed by atoms with Gasteiger partial charge in [0.05, 0.1) is 12.0 Å². The zero-order valence-electron chi connectivity index (χ0n) is 8.60. The lowest BCUT2D eigenvalue weighted by Crippen LogP contribution is -2.05. The van der Waals surface area contributed by atoms with Crippen LogP contribution in [0.3, 0.4) is 0 Å². The molecule has 1 rings (SSSR count). The Morgan fingerprint density at radius 3 is 2.60 bits per heavy atom. The summed E-state index contributed by atoms with van der Waals surface area (Å²) in [6.45, 7) is 2.90. The van der Waals surface area contributed by atoms with Gasteiger partial charge in [0.1, 0.15) is 5.56 Å². The first kappa shape index (κ1) is 11.1. The summed E-state index contributed by atoms with van der Waals surface area (Å²) in [5.41, 5.74) is 0.141. The predicted octanol–water partition coefficient (Wildman–Crippen LogP) is 1.51. The lowest BCUT2D eigenvalue weighted by atomic mass is 10.1. The highest BCUT2D eigenvalue weighted by Crippen LogP contribution is 2.29. The number of nitro groups is 1. The van der Waals surface area contributed by atoms with Gasteiger partial charge in [-0.1, -0.05) is 0 Å². The summed E-state index contributed by atoms with van der Waals surface area (Å²) in [5.74, 6) is -0.518. The second-order valence-corrected chi connectivity index (χ2v) is 2.98. The molecule has 0 saturated heterocycles. The minimum absolute atomic E-state index is 0.0179. The normalized spacial score (nSPS) is 9.80. The minimum Gasteiger partial charge on any atom is -0.476 e. The summed E-state index contributed by atoms with van der Waals surface area (Å²) < 4.78 is 4.77. The molecule has 6 heteroatoms. The van der Waals surface area contributed by atoms with Crippen LogP contribution in [0.4, 0.5) is 5.69 Å². The van der Waals surface area contributed by atoms with E-state index in [1.54, 1.807) is 6.92 Å². The van der Waals surface area contributed by atoms with Crippen LogP contribution in [0.5, 0.6) is 5.88 Å². The van der Waals surface area contributed by atoms with Gasteiger partial charge in [0.2, 0.25) is 0 Å². The lowest BCUT2D eigenvalue weighted by Gasteiger charge is -2.05. The average molecular weight is 210 g/mol. The summed E-state index contributed by atoms with van der Waals surface area (Å²) in [5, 5.41) is 10.8. The van der Waals surface area contributed by atoms with Crippen LogP contribution < -0.4 is 4.74 Å². The van der Waals surface area contributed by atoms with Crippen molar-refractivity contribution in [2.75, 3.05) is 7.11 Å². The number of ketones is 1. The second kappa shape index (κ2) is 4.04. The van der Waals surface area contributed by atoms with Crippen molar-refractivity contribution in [3.05, 3.63) is 27.4 Å². The summed E-state index contributed by atoms with van der Waals surface area (Å²) in [6.07, 6.45) is 0. The van der Waals surface area contributed by atoms with Crippen molar-refractivity contribution in [3.8, 4) is 5.88 Å². The Labute approximate surface area is 86.0 Å². The highest BCUT2D eigenvalue weighted by molar-refractivity contribution is 5.98. The summed E-state index contributed by atoms with van der Waals surface area (Å²) >= 11 is 0. The van der Waals surface area contributed by atoms with Gasteiger partial charge in [0, 0.05) is 5.69 Å². The number of methoxy groups -OCH3 is 1. The number of aryl methyl sites for hydroxylation is 1. The third-order valence-corrected chi connectivity index (χ3v) is 1.84. The Hall–Kier alpha value is -1.98. The van der Waals surface area contributed by atoms with E-state index in [-0.39, 0.29) is 22.9 Å². The molecule has 0 radical (unpaired) electrons. The smallest absolute Gasteiger partial charge is 0.341 e. The number of nitrogens with zero attached hydrogens (tertiary/aromatic N) is 2. The SMILES string of the molecule is COc1nc(C)cc(C(C)=O)c1[N+](=O)[O-]. The van der Waals surface area contributed by atoms with E-state index in [0.29, 0.717) is 5.69 Å². The van der Waals surface area contributed by atoms with E-state index in [4.69, 9.17) is 4.74 Å². The third-order valence-electron chi connectivity index (χ3n) is 1.84. The number of rotatable bonds is 3. The van der Waals surface area contributed by atoms with Crippen molar-refractivity contribution in [3.63, 3.8) is 0 Å². The highest BCUT2D eigenvalue weighted by Gasteiger charge is 2.25. The molecule has 1 aromatic heterocycles. The number of hydrogen-bond donors (Lipinski definition) is 0. The van der Waals surface area contributed by atoms with Crippen LogP contribution >= 0.6 is 0 Å². The average Bonchev–Trinajstić information content (AvgIpc) is 2.15. The van der Waals surface area contributed by atoms with Crippen molar-refractivity contribution in [1.29, 1.82) is 0 Å². The number of Topliss-reactive ketones (excluding diaryl/α,β-unsaturated/α-hetero) is 1. The molecule has 0 amide bonds. The van der Waals surface area contributed by atoms with Gasteiger partial charge in [-0.15, -0.1) is 0 Å². The van der Waals surface area contributed by atoms with Gasteiger partial charge in [0.15, 0.2) is 5.78 Å². The van der Waals surface area contributed by atoms with Gasteiger partial charge in [0.25, 0.3) is 5.88 Å². The maximum Gasteiger partial charge on any atom is 0.341 e. The molecular weight excluding hydrogens is 200 g/mol. The van der Waals surface area contributed by atoms with E-state index in [0.717, 1.165) is 0 Å². The Balaban J connectivity index is 3.54. The fourth-order valence-corrected chi connectivity index (χ4v) is 1.22. The van der Waals surface area contributed by atoms with Crippen molar-refractivity contribution in [2.45, 2.75) is 13.8 Å². The zero-order valence-corrected chi connectivity index (χ0v) is 8.60. The number of ether oxygens (including phenoxy) is 1. The topological polar surface area (TPSA) is 82.3 Å². The van der Waals surface area contributed by atoms with Gasteiger partial charge in [-0.05, 0) is 19.9 Å². The Morgan fingerprint density at radius 1 is 1.60 bits per heavy atom. The van der Waals surface area contributed by atoms with Crippen molar-refractivity contribution < 1.29 is 14.5 Å². The lowest BCUT2D eigenvalue weighted by molar-refractivity contribution is -0.386. The van der Waals surface area contributed by atoms with Gasteiger partial charge in [-0.25, -0.2) is 4.98 Å². The molecule has 0 unspecified atom stereocenters. The van der Waals surface area contributed by atoms with Crippen LogP contribution in [-0.4, -0.2) is 22.8 Å². The Morgan fingerprint density at radius 2 is 2.20 bits per heavy atom. The molecule has 0 N–H and O–H groups in total. The van der Waals surface area contributed by atoms with E-state index in [2.05, 4.69) is 4.98 Å². The first-order valence-corrected chi connectivity index (χ1v) is 4.18. The number of aromatic nitrogens is 1. The van der Waals surface area contributed by atoms with E-state index in [1.165, 1.54) is 20.1 Å². The first-order chi connectivity index (χ1) is 6.97. The van der Waals surface area contributed by atoms with E-state index >= 15 is 0 Å². The molecule has 80 valence electrons. The molecule has 0 fully saturated rings. The zero-order chi connectivity index (χ0) is 11.6. The maximum absolute atomic E-state index is 11.2. The molecule has 1 aromatic rings. The van der Waals surface area contributed by atoms with Gasteiger partial charge < -0.3 is 4.74 Å². The Kier molecular flexibility index (Phi) is 2.99. The van der Waals surface area contributed by atoms with Gasteiger partial charge >= 0.3 is 5.69 Å². The number of carbonyl (C=O) groups is 1. The third kappa shape index (κ3) is 2.09. The minimum atomic E-state index is -0.665. The standard InChI is InChI=1S/C9H10N2O4/c1-5-4-7(6(2)12)8(11(13)14)9(10-5)15-3/h4H,1-3H3. The monoisotopic (exact) mass is 210 g/mol. The number of pyridine rings is 1. The van der Waals surface area contributed by atoms with Gasteiger partial charge in [-0.3, -0.25) is 14.9 Å². The fourth-order valence-electron chi connectivity index (χ4n) is 1.22. The van der Waals surface area contributed by atoms with E-state index in [9.17, 15) is 14.9 Å². The van der Waals surface area contributed by atoms with Crippen LogP contribution in [0.25, 0.3) is 0 Å². The molecular formula is C9H10N2O4. The molecule has 15 heavy (non-hydrogen) atoms. The van der Waals surface area contributed by atoms with Crippen molar-refractivity contribution in [1.82, 2.24) is 4.98 Å². The first-order valence-electron chi connectivity index (χ1n) is 4.18. The summed E-state index contributed by atoms with van der Waals surface area (Å²) in [4.78, 5) is 25.1. The molecule has 0 aliphatic carbocycles. The van der Waals surface area contributed by atoms with Crippen molar-refractivity contribution >= 4 is 11.5 Å². The van der Waals surface area contributed by atoms with Gasteiger partial charge in [-0.2, -0.15) is 0 Å². The highest BCUT2D eigenvalue weighted by atomic mass is 16.6. The number of hydrogen-bond acceptors (Lipinski definition) is 5. The molecule has 0 aliphatic rings. The quantitative estimate of drug-likeness (QED) is 0.429. The number of carbonyl (C=O) groups excluding carboxylic acids is 1. The van der Waals surface area contributed by atoms with E-state index < -0.39 is 4.92 Å².